The Bertz CT molecular complexity index is 216. The summed E-state index contributed by atoms with van der Waals surface area (Å²) in [5.41, 5.74) is 0. The summed E-state index contributed by atoms with van der Waals surface area (Å²) < 4.78 is 5.28. The molecule has 1 N–H and O–H groups in total. The van der Waals surface area contributed by atoms with Gasteiger partial charge in [-0.1, -0.05) is 6.92 Å². The van der Waals surface area contributed by atoms with Gasteiger partial charge in [0.2, 0.25) is 0 Å². The van der Waals surface area contributed by atoms with Gasteiger partial charge in [0, 0.05) is 26.2 Å². The van der Waals surface area contributed by atoms with Crippen LogP contribution in [-0.2, 0) is 4.74 Å². The molecule has 100 valence electrons. The highest BCUT2D eigenvalue weighted by Crippen LogP contribution is 2.20. The Hall–Kier alpha value is -0.120. The highest BCUT2D eigenvalue weighted by molar-refractivity contribution is 4.82. The number of ether oxygens (including phenoxy) is 1. The normalized spacial score (nSPS) is 28.2. The van der Waals surface area contributed by atoms with Gasteiger partial charge in [-0.15, -0.1) is 0 Å². The minimum Gasteiger partial charge on any atom is -0.384 e. The van der Waals surface area contributed by atoms with Crippen LogP contribution in [0.3, 0.4) is 0 Å². The second-order valence-electron chi connectivity index (χ2n) is 6.01. The molecule has 3 heteroatoms. The molecular weight excluding hydrogens is 212 g/mol. The van der Waals surface area contributed by atoms with Crippen LogP contribution in [0.5, 0.6) is 0 Å². The number of nitrogens with zero attached hydrogens (tertiary/aromatic N) is 1. The molecule has 0 bridgehead atoms. The van der Waals surface area contributed by atoms with Crippen LogP contribution in [0.15, 0.2) is 0 Å². The molecule has 1 saturated heterocycles. The molecule has 0 aromatic rings. The third kappa shape index (κ3) is 4.94. The Morgan fingerprint density at radius 2 is 2.18 bits per heavy atom. The van der Waals surface area contributed by atoms with Crippen molar-refractivity contribution < 1.29 is 4.74 Å². The first-order chi connectivity index (χ1) is 8.28. The van der Waals surface area contributed by atoms with Gasteiger partial charge < -0.3 is 15.0 Å². The number of hydrogen-bond acceptors (Lipinski definition) is 3. The fourth-order valence-corrected chi connectivity index (χ4v) is 2.85. The number of methoxy groups -OCH3 is 1. The molecule has 2 fully saturated rings. The Balaban J connectivity index is 1.62. The van der Waals surface area contributed by atoms with E-state index in [2.05, 4.69) is 17.1 Å². The number of hydrogen-bond donors (Lipinski definition) is 1. The molecule has 0 amide bonds. The third-order valence-corrected chi connectivity index (χ3v) is 3.91. The molecule has 0 aromatic heterocycles. The van der Waals surface area contributed by atoms with E-state index < -0.39 is 0 Å². The van der Waals surface area contributed by atoms with Crippen molar-refractivity contribution in [3.05, 3.63) is 0 Å². The van der Waals surface area contributed by atoms with Gasteiger partial charge in [-0.05, 0) is 50.6 Å². The molecule has 1 heterocycles. The molecule has 2 rings (SSSR count). The Kier molecular flexibility index (Phi) is 5.26. The van der Waals surface area contributed by atoms with Gasteiger partial charge in [-0.25, -0.2) is 0 Å². The van der Waals surface area contributed by atoms with Crippen molar-refractivity contribution in [3.8, 4) is 0 Å². The lowest BCUT2D eigenvalue weighted by Gasteiger charge is -2.34. The fourth-order valence-electron chi connectivity index (χ4n) is 2.85. The topological polar surface area (TPSA) is 24.5 Å². The quantitative estimate of drug-likeness (QED) is 0.733. The summed E-state index contributed by atoms with van der Waals surface area (Å²) in [6, 6.07) is 0.847. The van der Waals surface area contributed by atoms with E-state index in [1.54, 1.807) is 0 Å². The summed E-state index contributed by atoms with van der Waals surface area (Å²) >= 11 is 0. The minimum atomic E-state index is 0.761. The zero-order valence-corrected chi connectivity index (χ0v) is 11.5. The van der Waals surface area contributed by atoms with Crippen molar-refractivity contribution in [2.45, 2.75) is 38.6 Å². The van der Waals surface area contributed by atoms with Crippen LogP contribution in [0.25, 0.3) is 0 Å². The van der Waals surface area contributed by atoms with Gasteiger partial charge in [-0.2, -0.15) is 0 Å². The number of nitrogens with one attached hydrogen (secondary N) is 1. The summed E-state index contributed by atoms with van der Waals surface area (Å²) in [6.45, 7) is 8.27. The van der Waals surface area contributed by atoms with E-state index in [0.717, 1.165) is 24.5 Å². The van der Waals surface area contributed by atoms with E-state index in [4.69, 9.17) is 4.74 Å². The molecule has 2 atom stereocenters. The van der Waals surface area contributed by atoms with E-state index >= 15 is 0 Å². The van der Waals surface area contributed by atoms with Crippen LogP contribution in [0.2, 0.25) is 0 Å². The largest absolute Gasteiger partial charge is 0.384 e. The molecule has 1 aliphatic carbocycles. The number of piperidine rings is 1. The molecule has 0 aromatic carbocycles. The van der Waals surface area contributed by atoms with Gasteiger partial charge in [0.05, 0.1) is 6.61 Å². The smallest absolute Gasteiger partial charge is 0.0502 e. The van der Waals surface area contributed by atoms with Crippen LogP contribution >= 0.6 is 0 Å². The van der Waals surface area contributed by atoms with Gasteiger partial charge >= 0.3 is 0 Å². The third-order valence-electron chi connectivity index (χ3n) is 3.91. The van der Waals surface area contributed by atoms with Crippen molar-refractivity contribution >= 4 is 0 Å². The van der Waals surface area contributed by atoms with Gasteiger partial charge in [0.25, 0.3) is 0 Å². The molecule has 3 nitrogen and oxygen atoms in total. The van der Waals surface area contributed by atoms with Crippen molar-refractivity contribution in [1.82, 2.24) is 10.2 Å². The fraction of sp³-hybridized carbons (Fsp3) is 1.00. The predicted octanol–water partition coefficient (Wildman–Crippen LogP) is 1.73. The van der Waals surface area contributed by atoms with Gasteiger partial charge in [0.15, 0.2) is 0 Å². The summed E-state index contributed by atoms with van der Waals surface area (Å²) in [4.78, 5) is 2.63. The molecule has 17 heavy (non-hydrogen) atoms. The molecule has 1 aliphatic heterocycles. The lowest BCUT2D eigenvalue weighted by atomic mass is 9.98. The first-order valence-electron chi connectivity index (χ1n) is 7.22. The average Bonchev–Trinajstić information content (AvgIpc) is 3.11. The number of likely N-dealkylation sites (tertiary alicyclic amines) is 1. The van der Waals surface area contributed by atoms with Crippen LogP contribution in [0.1, 0.15) is 32.6 Å². The Morgan fingerprint density at radius 3 is 2.88 bits per heavy atom. The van der Waals surface area contributed by atoms with E-state index in [1.807, 2.05) is 7.11 Å². The predicted molar refractivity (Wildman–Crippen MR) is 71.2 cm³/mol. The van der Waals surface area contributed by atoms with Crippen LogP contribution in [0.4, 0.5) is 0 Å². The Labute approximate surface area is 106 Å². The summed E-state index contributed by atoms with van der Waals surface area (Å²) in [6.07, 6.45) is 5.48. The molecule has 0 radical (unpaired) electrons. The van der Waals surface area contributed by atoms with E-state index in [0.29, 0.717) is 0 Å². The van der Waals surface area contributed by atoms with Crippen molar-refractivity contribution in [1.29, 1.82) is 0 Å². The van der Waals surface area contributed by atoms with Crippen LogP contribution in [0, 0.1) is 11.8 Å². The minimum absolute atomic E-state index is 0.761. The van der Waals surface area contributed by atoms with Crippen molar-refractivity contribution in [2.24, 2.45) is 11.8 Å². The molecule has 2 unspecified atom stereocenters. The van der Waals surface area contributed by atoms with E-state index in [9.17, 15) is 0 Å². The second-order valence-corrected chi connectivity index (χ2v) is 6.01. The maximum atomic E-state index is 5.28. The second kappa shape index (κ2) is 6.72. The highest BCUT2D eigenvalue weighted by Gasteiger charge is 2.23. The van der Waals surface area contributed by atoms with E-state index in [-0.39, 0.29) is 0 Å². The zero-order valence-electron chi connectivity index (χ0n) is 11.5. The zero-order chi connectivity index (χ0) is 12.1. The maximum absolute atomic E-state index is 5.28. The average molecular weight is 240 g/mol. The molecule has 1 saturated carbocycles. The summed E-state index contributed by atoms with van der Waals surface area (Å²) in [5.74, 6) is 1.54. The highest BCUT2D eigenvalue weighted by atomic mass is 16.5. The lowest BCUT2D eigenvalue weighted by molar-refractivity contribution is 0.0838. The van der Waals surface area contributed by atoms with Gasteiger partial charge in [0.1, 0.15) is 0 Å². The first kappa shape index (κ1) is 13.3. The first-order valence-corrected chi connectivity index (χ1v) is 7.22. The Morgan fingerprint density at radius 1 is 1.35 bits per heavy atom. The van der Waals surface area contributed by atoms with Crippen molar-refractivity contribution in [3.63, 3.8) is 0 Å². The van der Waals surface area contributed by atoms with Crippen LogP contribution < -0.4 is 5.32 Å². The monoisotopic (exact) mass is 240 g/mol. The molecule has 2 aliphatic rings. The maximum Gasteiger partial charge on any atom is 0.0502 e. The molecular formula is C14H28N2O. The molecule has 0 spiro atoms. The summed E-state index contributed by atoms with van der Waals surface area (Å²) in [5, 5.41) is 3.63. The van der Waals surface area contributed by atoms with Crippen LogP contribution in [-0.4, -0.2) is 50.8 Å². The van der Waals surface area contributed by atoms with E-state index in [1.165, 1.54) is 51.9 Å². The number of rotatable bonds is 7. The standard InChI is InChI=1S/C14H28N2O/c1-12(8-15-14-5-6-14)9-16-7-3-4-13(10-16)11-17-2/h12-15H,3-11H2,1-2H3. The summed E-state index contributed by atoms with van der Waals surface area (Å²) in [7, 11) is 1.82. The SMILES string of the molecule is COCC1CCCN(CC(C)CNC2CC2)C1. The lowest BCUT2D eigenvalue weighted by Crippen LogP contribution is -2.41. The van der Waals surface area contributed by atoms with Gasteiger partial charge in [-0.3, -0.25) is 0 Å². The van der Waals surface area contributed by atoms with Crippen molar-refractivity contribution in [2.75, 3.05) is 39.9 Å².